The Bertz CT molecular complexity index is 558. The minimum atomic E-state index is -4.15. The number of rotatable bonds is 3. The average Bonchev–Trinajstić information content (AvgIpc) is 2.66. The molecule has 0 aliphatic carbocycles. The van der Waals surface area contributed by atoms with E-state index >= 15 is 0 Å². The van der Waals surface area contributed by atoms with E-state index in [1.165, 1.54) is 0 Å². The summed E-state index contributed by atoms with van der Waals surface area (Å²) in [7, 11) is -1.71. The first-order chi connectivity index (χ1) is 8.47. The quantitative estimate of drug-likeness (QED) is 0.765. The number of benzene rings is 1. The molecule has 0 N–H and O–H groups in total. The summed E-state index contributed by atoms with van der Waals surface area (Å²) in [6, 6.07) is 7.22. The maximum Gasteiger partial charge on any atom is 0.600 e. The molecule has 0 spiro atoms. The van der Waals surface area contributed by atoms with Gasteiger partial charge >= 0.3 is 5.51 Å². The predicted octanol–water partition coefficient (Wildman–Crippen LogP) is 2.58. The second kappa shape index (κ2) is 6.14. The molecule has 0 fully saturated rings. The fourth-order valence-corrected chi connectivity index (χ4v) is 4.21. The molecule has 0 radical (unpaired) electrons. The fourth-order valence-electron chi connectivity index (χ4n) is 2.21. The van der Waals surface area contributed by atoms with Crippen molar-refractivity contribution < 1.29 is 25.6 Å². The molecule has 0 saturated heterocycles. The van der Waals surface area contributed by atoms with Gasteiger partial charge in [0.2, 0.25) is 0 Å². The summed E-state index contributed by atoms with van der Waals surface area (Å²) in [6.07, 6.45) is 2.25. The lowest BCUT2D eigenvalue weighted by molar-refractivity contribution is -0.0867. The minimum absolute atomic E-state index is 0. The molecule has 0 saturated carbocycles. The minimum Gasteiger partial charge on any atom is -1.00 e. The second-order valence-electron chi connectivity index (χ2n) is 4.34. The first-order valence-electron chi connectivity index (χ1n) is 6.12. The van der Waals surface area contributed by atoms with Gasteiger partial charge in [-0.25, -0.2) is 0 Å². The van der Waals surface area contributed by atoms with Crippen molar-refractivity contribution in [3.63, 3.8) is 0 Å². The average molecular weight is 309 g/mol. The van der Waals surface area contributed by atoms with E-state index in [4.69, 9.17) is 0 Å². The van der Waals surface area contributed by atoms with Gasteiger partial charge in [-0.2, -0.15) is 0 Å². The maximum absolute atomic E-state index is 13.2. The van der Waals surface area contributed by atoms with Crippen LogP contribution in [-0.4, -0.2) is 0 Å². The van der Waals surface area contributed by atoms with Crippen LogP contribution in [0.1, 0.15) is 30.7 Å². The third kappa shape index (κ3) is 3.23. The van der Waals surface area contributed by atoms with Crippen LogP contribution in [0.5, 0.6) is 0 Å². The Labute approximate surface area is 120 Å². The van der Waals surface area contributed by atoms with Crippen molar-refractivity contribution >= 4 is 20.6 Å². The SMILES string of the molecule is CCCc1ccc2cc(CC)[s+](C(F)(F)F)c2c1.[Cl-]. The molecule has 0 bridgehead atoms. The number of alkyl halides is 3. The van der Waals surface area contributed by atoms with Crippen LogP contribution in [0.25, 0.3) is 10.1 Å². The van der Waals surface area contributed by atoms with Crippen molar-refractivity contribution in [2.45, 2.75) is 38.6 Å². The normalized spacial score (nSPS) is 12.6. The zero-order valence-electron chi connectivity index (χ0n) is 10.9. The summed E-state index contributed by atoms with van der Waals surface area (Å²) < 4.78 is 40.0. The lowest BCUT2D eigenvalue weighted by Crippen LogP contribution is -3.00. The van der Waals surface area contributed by atoms with Crippen LogP contribution in [0.2, 0.25) is 0 Å². The lowest BCUT2D eigenvalue weighted by atomic mass is 10.1. The first-order valence-corrected chi connectivity index (χ1v) is 7.34. The first kappa shape index (κ1) is 16.3. The summed E-state index contributed by atoms with van der Waals surface area (Å²) in [5.74, 6) is 0. The van der Waals surface area contributed by atoms with E-state index in [0.717, 1.165) is 23.8 Å². The van der Waals surface area contributed by atoms with Gasteiger partial charge in [-0.1, -0.05) is 26.3 Å². The fraction of sp³-hybridized carbons (Fsp3) is 0.429. The Balaban J connectivity index is 0.00000180. The van der Waals surface area contributed by atoms with Gasteiger partial charge in [-0.3, -0.25) is 0 Å². The number of fused-ring (bicyclic) bond motifs is 1. The van der Waals surface area contributed by atoms with Crippen molar-refractivity contribution in [2.24, 2.45) is 0 Å². The van der Waals surface area contributed by atoms with E-state index in [2.05, 4.69) is 0 Å². The van der Waals surface area contributed by atoms with Crippen LogP contribution in [0.3, 0.4) is 0 Å². The lowest BCUT2D eigenvalue weighted by Gasteiger charge is -2.00. The molecule has 2 rings (SSSR count). The Morgan fingerprint density at radius 3 is 2.32 bits per heavy atom. The molecule has 1 aromatic heterocycles. The van der Waals surface area contributed by atoms with Gasteiger partial charge < -0.3 is 12.4 Å². The van der Waals surface area contributed by atoms with Gasteiger partial charge in [0.1, 0.15) is 0 Å². The predicted molar refractivity (Wildman–Crippen MR) is 71.1 cm³/mol. The molecular weight excluding hydrogens is 293 g/mol. The third-order valence-electron chi connectivity index (χ3n) is 3.00. The van der Waals surface area contributed by atoms with Gasteiger partial charge in [-0.05, 0) is 18.1 Å². The molecule has 1 atom stereocenters. The molecule has 0 amide bonds. The molecule has 5 heteroatoms. The maximum atomic E-state index is 13.2. The standard InChI is InChI=1S/C14H16F3S.ClH/c1-3-5-10-6-7-11-9-12(4-2)18(13(11)8-10)14(15,16)17;/h6-9H,3-5H2,1-2H3;1H/q+1;/p-1. The zero-order chi connectivity index (χ0) is 13.3. The monoisotopic (exact) mass is 308 g/mol. The van der Waals surface area contributed by atoms with E-state index in [1.54, 1.807) is 19.1 Å². The molecule has 106 valence electrons. The van der Waals surface area contributed by atoms with Crippen LogP contribution >= 0.6 is 10.5 Å². The van der Waals surface area contributed by atoms with Crippen LogP contribution in [-0.2, 0) is 18.3 Å². The van der Waals surface area contributed by atoms with Crippen LogP contribution in [0.4, 0.5) is 13.2 Å². The number of hydrogen-bond acceptors (Lipinski definition) is 0. The molecule has 0 aliphatic heterocycles. The summed E-state index contributed by atoms with van der Waals surface area (Å²) in [5, 5.41) is 0.743. The van der Waals surface area contributed by atoms with Crippen molar-refractivity contribution in [1.29, 1.82) is 0 Å². The molecule has 1 heterocycles. The summed E-state index contributed by atoms with van der Waals surface area (Å²) in [4.78, 5) is 0.506. The molecule has 2 aromatic rings. The zero-order valence-corrected chi connectivity index (χ0v) is 12.4. The largest absolute Gasteiger partial charge is 1.00 e. The smallest absolute Gasteiger partial charge is 0.600 e. The number of halogens is 4. The highest BCUT2D eigenvalue weighted by atomic mass is 35.5. The van der Waals surface area contributed by atoms with Crippen LogP contribution < -0.4 is 12.4 Å². The van der Waals surface area contributed by atoms with Gasteiger partial charge in [0.25, 0.3) is 0 Å². The van der Waals surface area contributed by atoms with E-state index in [1.807, 2.05) is 19.1 Å². The number of thiophene rings is 1. The molecule has 0 aliphatic rings. The van der Waals surface area contributed by atoms with Crippen LogP contribution in [0.15, 0.2) is 24.3 Å². The van der Waals surface area contributed by atoms with Gasteiger partial charge in [0, 0.05) is 23.9 Å². The topological polar surface area (TPSA) is 0 Å². The highest BCUT2D eigenvalue weighted by molar-refractivity contribution is 7.38. The van der Waals surface area contributed by atoms with E-state index < -0.39 is 16.0 Å². The van der Waals surface area contributed by atoms with Crippen molar-refractivity contribution in [2.75, 3.05) is 0 Å². The third-order valence-corrected chi connectivity index (χ3v) is 5.18. The van der Waals surface area contributed by atoms with Gasteiger partial charge in [0.15, 0.2) is 9.58 Å². The summed E-state index contributed by atoms with van der Waals surface area (Å²) in [5.41, 5.74) is -3.15. The Morgan fingerprint density at radius 2 is 1.79 bits per heavy atom. The molecule has 0 nitrogen and oxygen atoms in total. The molecule has 19 heavy (non-hydrogen) atoms. The van der Waals surface area contributed by atoms with Crippen molar-refractivity contribution in [1.82, 2.24) is 0 Å². The van der Waals surface area contributed by atoms with E-state index in [0.29, 0.717) is 16.0 Å². The Morgan fingerprint density at radius 1 is 1.11 bits per heavy atom. The molecule has 1 aromatic carbocycles. The highest BCUT2D eigenvalue weighted by Gasteiger charge is 2.47. The van der Waals surface area contributed by atoms with E-state index in [9.17, 15) is 13.2 Å². The van der Waals surface area contributed by atoms with Crippen molar-refractivity contribution in [3.8, 4) is 0 Å². The van der Waals surface area contributed by atoms with E-state index in [-0.39, 0.29) is 12.4 Å². The number of aryl methyl sites for hydroxylation is 2. The highest BCUT2D eigenvalue weighted by Crippen LogP contribution is 2.51. The van der Waals surface area contributed by atoms with Gasteiger partial charge in [-0.15, -0.1) is 13.2 Å². The summed E-state index contributed by atoms with van der Waals surface area (Å²) >= 11 is 0. The van der Waals surface area contributed by atoms with Gasteiger partial charge in [0.05, 0.1) is 10.5 Å². The summed E-state index contributed by atoms with van der Waals surface area (Å²) in [6.45, 7) is 3.82. The Kier molecular flexibility index (Phi) is 5.27. The molecular formula is C14H16ClF3S. The van der Waals surface area contributed by atoms with Crippen molar-refractivity contribution in [3.05, 3.63) is 34.7 Å². The second-order valence-corrected chi connectivity index (χ2v) is 6.38. The Hall–Kier alpha value is -0.740. The number of hydrogen-bond donors (Lipinski definition) is 0. The molecule has 1 unspecified atom stereocenters. The van der Waals surface area contributed by atoms with Crippen LogP contribution in [0, 0.1) is 0 Å².